The van der Waals surface area contributed by atoms with Gasteiger partial charge >= 0.3 is 0 Å². The van der Waals surface area contributed by atoms with E-state index >= 15 is 0 Å². The molecule has 2 aromatic carbocycles. The van der Waals surface area contributed by atoms with Gasteiger partial charge in [0.1, 0.15) is 11.6 Å². The molecule has 5 nitrogen and oxygen atoms in total. The zero-order chi connectivity index (χ0) is 21.0. The van der Waals surface area contributed by atoms with Crippen molar-refractivity contribution >= 4 is 39.9 Å². The number of anilines is 2. The molecule has 0 atom stereocenters. The topological polar surface area (TPSA) is 74.1 Å². The minimum absolute atomic E-state index is 0.00541. The average Bonchev–Trinajstić information content (AvgIpc) is 3.17. The van der Waals surface area contributed by atoms with Gasteiger partial charge in [0.2, 0.25) is 11.7 Å². The first-order valence-electron chi connectivity index (χ1n) is 8.96. The summed E-state index contributed by atoms with van der Waals surface area (Å²) in [5.74, 6) is -0.523. The molecule has 0 spiro atoms. The number of aryl methyl sites for hydroxylation is 1. The fraction of sp³-hybridized carbons (Fsp3) is 0.130. The molecule has 1 amide bonds. The molecule has 6 heteroatoms. The quantitative estimate of drug-likeness (QED) is 0.333. The van der Waals surface area contributed by atoms with Gasteiger partial charge in [0.15, 0.2) is 5.13 Å². The van der Waals surface area contributed by atoms with Gasteiger partial charge in [-0.3, -0.25) is 14.5 Å². The van der Waals surface area contributed by atoms with Gasteiger partial charge in [0.25, 0.3) is 0 Å². The monoisotopic (exact) mass is 401 g/mol. The number of ketones is 1. The molecule has 144 valence electrons. The number of carbonyl (C=O) groups is 2. The van der Waals surface area contributed by atoms with E-state index in [1.165, 1.54) is 24.3 Å². The van der Waals surface area contributed by atoms with Gasteiger partial charge < -0.3 is 0 Å². The first-order valence-corrected chi connectivity index (χ1v) is 9.84. The Balaban J connectivity index is 1.97. The highest BCUT2D eigenvalue weighted by atomic mass is 32.1. The SMILES string of the molecule is CC(=O)N(c1nc(/C=C(\C#N)C(=O)c2ccccc2)cs1)c1cccc(C)c1C. The Morgan fingerprint density at radius 2 is 1.83 bits per heavy atom. The standard InChI is InChI=1S/C23H19N3O2S/c1-15-8-7-11-21(16(15)2)26(17(3)27)23-25-20(14-29-23)12-19(13-24)22(28)18-9-5-4-6-10-18/h4-12,14H,1-3H3/b19-12+. The van der Waals surface area contributed by atoms with E-state index in [-0.39, 0.29) is 17.3 Å². The van der Waals surface area contributed by atoms with Crippen LogP contribution >= 0.6 is 11.3 Å². The number of hydrogen-bond donors (Lipinski definition) is 0. The van der Waals surface area contributed by atoms with Crippen LogP contribution in [0.1, 0.15) is 34.1 Å². The molecule has 29 heavy (non-hydrogen) atoms. The van der Waals surface area contributed by atoms with Gasteiger partial charge in [-0.25, -0.2) is 4.98 Å². The molecule has 3 aromatic rings. The summed E-state index contributed by atoms with van der Waals surface area (Å²) in [6.45, 7) is 5.43. The fourth-order valence-electron chi connectivity index (χ4n) is 2.87. The molecule has 0 saturated heterocycles. The summed E-state index contributed by atoms with van der Waals surface area (Å²) in [6, 6.07) is 16.3. The summed E-state index contributed by atoms with van der Waals surface area (Å²) in [7, 11) is 0. The second kappa shape index (κ2) is 8.63. The number of allylic oxidation sites excluding steroid dienone is 1. The molecule has 0 aliphatic heterocycles. The van der Waals surface area contributed by atoms with Crippen molar-refractivity contribution in [1.29, 1.82) is 5.26 Å². The number of thiazole rings is 1. The molecular formula is C23H19N3O2S. The Hall–Kier alpha value is -3.56. The van der Waals surface area contributed by atoms with Crippen LogP contribution in [0.25, 0.3) is 6.08 Å². The Labute approximate surface area is 173 Å². The van der Waals surface area contributed by atoms with E-state index in [1.807, 2.05) is 44.2 Å². The molecule has 0 unspecified atom stereocenters. The number of amides is 1. The van der Waals surface area contributed by atoms with Crippen LogP contribution in [0.5, 0.6) is 0 Å². The van der Waals surface area contributed by atoms with E-state index < -0.39 is 0 Å². The van der Waals surface area contributed by atoms with E-state index in [9.17, 15) is 14.9 Å². The van der Waals surface area contributed by atoms with Crippen LogP contribution in [0.4, 0.5) is 10.8 Å². The van der Waals surface area contributed by atoms with E-state index in [0.29, 0.717) is 16.4 Å². The highest BCUT2D eigenvalue weighted by Gasteiger charge is 2.20. The minimum Gasteiger partial charge on any atom is -0.288 e. The molecule has 0 saturated carbocycles. The van der Waals surface area contributed by atoms with Crippen LogP contribution in [-0.2, 0) is 4.79 Å². The number of nitrogens with zero attached hydrogens (tertiary/aromatic N) is 3. The highest BCUT2D eigenvalue weighted by molar-refractivity contribution is 7.14. The molecule has 1 heterocycles. The van der Waals surface area contributed by atoms with Crippen LogP contribution in [0.3, 0.4) is 0 Å². The first kappa shape index (κ1) is 20.2. The lowest BCUT2D eigenvalue weighted by Crippen LogP contribution is -2.23. The second-order valence-electron chi connectivity index (χ2n) is 6.49. The van der Waals surface area contributed by atoms with Gasteiger partial charge in [-0.05, 0) is 37.1 Å². The molecule has 3 rings (SSSR count). The maximum atomic E-state index is 12.6. The third-order valence-electron chi connectivity index (χ3n) is 4.53. The zero-order valence-electron chi connectivity index (χ0n) is 16.3. The van der Waals surface area contributed by atoms with Crippen molar-refractivity contribution in [3.05, 3.63) is 81.9 Å². The van der Waals surface area contributed by atoms with Crippen molar-refractivity contribution < 1.29 is 9.59 Å². The smallest absolute Gasteiger partial charge is 0.230 e. The van der Waals surface area contributed by atoms with Gasteiger partial charge in [0, 0.05) is 17.9 Å². The van der Waals surface area contributed by atoms with Crippen LogP contribution in [0.2, 0.25) is 0 Å². The number of carbonyl (C=O) groups excluding carboxylic acids is 2. The summed E-state index contributed by atoms with van der Waals surface area (Å²) in [5, 5.41) is 11.7. The van der Waals surface area contributed by atoms with Crippen molar-refractivity contribution in [3.63, 3.8) is 0 Å². The number of hydrogen-bond acceptors (Lipinski definition) is 5. The fourth-order valence-corrected chi connectivity index (χ4v) is 3.71. The lowest BCUT2D eigenvalue weighted by molar-refractivity contribution is -0.115. The lowest BCUT2D eigenvalue weighted by Gasteiger charge is -2.21. The summed E-state index contributed by atoms with van der Waals surface area (Å²) < 4.78 is 0. The number of Topliss-reactive ketones (excluding diaryl/α,β-unsaturated/α-hetero) is 1. The summed E-state index contributed by atoms with van der Waals surface area (Å²) in [5.41, 5.74) is 3.73. The third-order valence-corrected chi connectivity index (χ3v) is 5.37. The predicted molar refractivity (Wildman–Crippen MR) is 115 cm³/mol. The van der Waals surface area contributed by atoms with E-state index in [1.54, 1.807) is 34.5 Å². The summed E-state index contributed by atoms with van der Waals surface area (Å²) >= 11 is 1.28. The van der Waals surface area contributed by atoms with Crippen molar-refractivity contribution in [2.24, 2.45) is 0 Å². The van der Waals surface area contributed by atoms with Crippen molar-refractivity contribution in [3.8, 4) is 6.07 Å². The lowest BCUT2D eigenvalue weighted by atomic mass is 10.0. The maximum Gasteiger partial charge on any atom is 0.230 e. The Kier molecular flexibility index (Phi) is 6.01. The van der Waals surface area contributed by atoms with Crippen LogP contribution in [0, 0.1) is 25.2 Å². The molecule has 0 N–H and O–H groups in total. The third kappa shape index (κ3) is 4.31. The van der Waals surface area contributed by atoms with Crippen LogP contribution < -0.4 is 4.90 Å². The average molecular weight is 401 g/mol. The zero-order valence-corrected chi connectivity index (χ0v) is 17.2. The molecule has 0 fully saturated rings. The number of benzene rings is 2. The van der Waals surface area contributed by atoms with Gasteiger partial charge in [-0.1, -0.05) is 42.5 Å². The van der Waals surface area contributed by atoms with Crippen molar-refractivity contribution in [2.45, 2.75) is 20.8 Å². The largest absolute Gasteiger partial charge is 0.288 e. The van der Waals surface area contributed by atoms with Crippen molar-refractivity contribution in [1.82, 2.24) is 4.98 Å². The van der Waals surface area contributed by atoms with Gasteiger partial charge in [0.05, 0.1) is 11.4 Å². The van der Waals surface area contributed by atoms with E-state index in [0.717, 1.165) is 16.8 Å². The second-order valence-corrected chi connectivity index (χ2v) is 7.33. The number of nitriles is 1. The minimum atomic E-state index is -0.361. The highest BCUT2D eigenvalue weighted by Crippen LogP contribution is 2.32. The molecule has 0 aliphatic rings. The molecule has 1 aromatic heterocycles. The normalized spacial score (nSPS) is 11.0. The first-order chi connectivity index (χ1) is 13.9. The summed E-state index contributed by atoms with van der Waals surface area (Å²) in [4.78, 5) is 31.0. The molecule has 0 bridgehead atoms. The molecular weight excluding hydrogens is 382 g/mol. The molecule has 0 radical (unpaired) electrons. The Morgan fingerprint density at radius 1 is 1.10 bits per heavy atom. The molecule has 0 aliphatic carbocycles. The van der Waals surface area contributed by atoms with Gasteiger partial charge in [-0.2, -0.15) is 5.26 Å². The van der Waals surface area contributed by atoms with Gasteiger partial charge in [-0.15, -0.1) is 11.3 Å². The maximum absolute atomic E-state index is 12.6. The summed E-state index contributed by atoms with van der Waals surface area (Å²) in [6.07, 6.45) is 1.46. The van der Waals surface area contributed by atoms with E-state index in [2.05, 4.69) is 4.98 Å². The van der Waals surface area contributed by atoms with E-state index in [4.69, 9.17) is 0 Å². The predicted octanol–water partition coefficient (Wildman–Crippen LogP) is 5.23. The Morgan fingerprint density at radius 3 is 2.48 bits per heavy atom. The number of aromatic nitrogens is 1. The Bertz CT molecular complexity index is 1140. The number of rotatable bonds is 5. The van der Waals surface area contributed by atoms with Crippen LogP contribution in [-0.4, -0.2) is 16.7 Å². The van der Waals surface area contributed by atoms with Crippen LogP contribution in [0.15, 0.2) is 59.5 Å². The van der Waals surface area contributed by atoms with Crippen molar-refractivity contribution in [2.75, 3.05) is 4.90 Å².